The summed E-state index contributed by atoms with van der Waals surface area (Å²) in [7, 11) is 0. The van der Waals surface area contributed by atoms with Gasteiger partial charge in [0.15, 0.2) is 0 Å². The van der Waals surface area contributed by atoms with E-state index in [1.807, 2.05) is 30.3 Å². The molecule has 0 saturated heterocycles. The van der Waals surface area contributed by atoms with Crippen LogP contribution in [0.15, 0.2) is 51.4 Å². The van der Waals surface area contributed by atoms with Crippen LogP contribution in [0, 0.1) is 5.41 Å². The average Bonchev–Trinajstić information content (AvgIpc) is 2.37. The minimum absolute atomic E-state index is 0.0317. The molecule has 0 atom stereocenters. The highest BCUT2D eigenvalue weighted by Gasteiger charge is 2.05. The van der Waals surface area contributed by atoms with E-state index in [1.165, 1.54) is 0 Å². The number of benzene rings is 2. The van der Waals surface area contributed by atoms with E-state index in [0.717, 1.165) is 20.3 Å². The lowest BCUT2D eigenvalue weighted by molar-refractivity contribution is 0.305. The van der Waals surface area contributed by atoms with Crippen molar-refractivity contribution in [2.75, 3.05) is 0 Å². The van der Waals surface area contributed by atoms with Crippen molar-refractivity contribution in [2.45, 2.75) is 6.61 Å². The number of amidine groups is 1. The maximum atomic E-state index is 7.41. The molecule has 0 fully saturated rings. The molecule has 2 aromatic rings. The molecule has 98 valence electrons. The number of nitrogens with two attached hydrogens (primary N) is 1. The van der Waals surface area contributed by atoms with Gasteiger partial charge in [-0.15, -0.1) is 0 Å². The topological polar surface area (TPSA) is 59.1 Å². The summed E-state index contributed by atoms with van der Waals surface area (Å²) in [6.07, 6.45) is 0. The number of rotatable bonds is 4. The Labute approximate surface area is 128 Å². The highest BCUT2D eigenvalue weighted by molar-refractivity contribution is 9.10. The Balaban J connectivity index is 2.11. The van der Waals surface area contributed by atoms with Crippen molar-refractivity contribution in [3.63, 3.8) is 0 Å². The molecule has 0 spiro atoms. The number of hydrogen-bond acceptors (Lipinski definition) is 2. The minimum Gasteiger partial charge on any atom is -0.489 e. The van der Waals surface area contributed by atoms with Crippen LogP contribution in [-0.4, -0.2) is 5.84 Å². The summed E-state index contributed by atoms with van der Waals surface area (Å²) >= 11 is 6.86. The third kappa shape index (κ3) is 3.58. The lowest BCUT2D eigenvalue weighted by Crippen LogP contribution is -2.11. The normalized spacial score (nSPS) is 10.2. The van der Waals surface area contributed by atoms with Gasteiger partial charge in [0, 0.05) is 20.1 Å². The van der Waals surface area contributed by atoms with Crippen LogP contribution in [0.25, 0.3) is 0 Å². The number of halogens is 2. The Hall–Kier alpha value is -1.33. The summed E-state index contributed by atoms with van der Waals surface area (Å²) in [6, 6.07) is 13.3. The number of nitrogen functional groups attached to an aromatic ring is 1. The summed E-state index contributed by atoms with van der Waals surface area (Å²) in [5.74, 6) is 0.761. The lowest BCUT2D eigenvalue weighted by atomic mass is 10.2. The number of ether oxygens (including phenoxy) is 1. The molecule has 3 N–H and O–H groups in total. The molecule has 0 bridgehead atoms. The second-order valence-corrected chi connectivity index (χ2v) is 5.64. The maximum Gasteiger partial charge on any atom is 0.123 e. The Morgan fingerprint density at radius 1 is 1.11 bits per heavy atom. The van der Waals surface area contributed by atoms with Gasteiger partial charge in [-0.3, -0.25) is 5.41 Å². The van der Waals surface area contributed by atoms with Gasteiger partial charge in [-0.1, -0.05) is 34.1 Å². The van der Waals surface area contributed by atoms with Crippen molar-refractivity contribution in [3.05, 3.63) is 62.5 Å². The zero-order valence-corrected chi connectivity index (χ0v) is 13.2. The van der Waals surface area contributed by atoms with Crippen LogP contribution in [0.4, 0.5) is 0 Å². The van der Waals surface area contributed by atoms with Crippen molar-refractivity contribution >= 4 is 37.7 Å². The third-order valence-corrected chi connectivity index (χ3v) is 4.01. The monoisotopic (exact) mass is 382 g/mol. The molecule has 0 aliphatic rings. The van der Waals surface area contributed by atoms with Crippen molar-refractivity contribution in [3.8, 4) is 5.75 Å². The van der Waals surface area contributed by atoms with Crippen molar-refractivity contribution in [1.29, 1.82) is 5.41 Å². The number of hydrogen-bond donors (Lipinski definition) is 2. The first-order valence-corrected chi connectivity index (χ1v) is 7.16. The van der Waals surface area contributed by atoms with Crippen molar-refractivity contribution in [2.24, 2.45) is 5.73 Å². The van der Waals surface area contributed by atoms with Gasteiger partial charge in [-0.2, -0.15) is 0 Å². The highest BCUT2D eigenvalue weighted by atomic mass is 79.9. The average molecular weight is 384 g/mol. The van der Waals surface area contributed by atoms with Crippen molar-refractivity contribution < 1.29 is 4.74 Å². The molecule has 5 heteroatoms. The van der Waals surface area contributed by atoms with E-state index in [-0.39, 0.29) is 5.84 Å². The molecule has 19 heavy (non-hydrogen) atoms. The van der Waals surface area contributed by atoms with Crippen LogP contribution < -0.4 is 10.5 Å². The van der Waals surface area contributed by atoms with E-state index in [1.54, 1.807) is 12.1 Å². The SMILES string of the molecule is N=C(N)c1ccc(OCc2ccccc2Br)cc1Br. The summed E-state index contributed by atoms with van der Waals surface area (Å²) in [6.45, 7) is 0.479. The van der Waals surface area contributed by atoms with Crippen LogP contribution in [-0.2, 0) is 6.61 Å². The van der Waals surface area contributed by atoms with E-state index in [0.29, 0.717) is 12.2 Å². The third-order valence-electron chi connectivity index (χ3n) is 2.58. The molecule has 2 rings (SSSR count). The van der Waals surface area contributed by atoms with Crippen LogP contribution in [0.3, 0.4) is 0 Å². The van der Waals surface area contributed by atoms with Gasteiger partial charge in [0.1, 0.15) is 18.2 Å². The van der Waals surface area contributed by atoms with Gasteiger partial charge in [0.2, 0.25) is 0 Å². The van der Waals surface area contributed by atoms with Gasteiger partial charge in [0.05, 0.1) is 0 Å². The second kappa shape index (κ2) is 6.21. The second-order valence-electron chi connectivity index (χ2n) is 3.94. The zero-order chi connectivity index (χ0) is 13.8. The fourth-order valence-electron chi connectivity index (χ4n) is 1.58. The van der Waals surface area contributed by atoms with Gasteiger partial charge >= 0.3 is 0 Å². The molecule has 0 amide bonds. The summed E-state index contributed by atoms with van der Waals surface area (Å²) in [5, 5.41) is 7.41. The molecule has 0 aromatic heterocycles. The minimum atomic E-state index is 0.0317. The molecular formula is C14H12Br2N2O. The van der Waals surface area contributed by atoms with Gasteiger partial charge in [0.25, 0.3) is 0 Å². The lowest BCUT2D eigenvalue weighted by Gasteiger charge is -2.09. The van der Waals surface area contributed by atoms with E-state index in [2.05, 4.69) is 31.9 Å². The summed E-state index contributed by atoms with van der Waals surface area (Å²) < 4.78 is 7.49. The fourth-order valence-corrected chi connectivity index (χ4v) is 2.55. The first kappa shape index (κ1) is 14.1. The molecule has 0 unspecified atom stereocenters. The van der Waals surface area contributed by atoms with Crippen LogP contribution >= 0.6 is 31.9 Å². The summed E-state index contributed by atoms with van der Waals surface area (Å²) in [5.41, 5.74) is 7.19. The highest BCUT2D eigenvalue weighted by Crippen LogP contribution is 2.24. The fraction of sp³-hybridized carbons (Fsp3) is 0.0714. The quantitative estimate of drug-likeness (QED) is 0.617. The smallest absolute Gasteiger partial charge is 0.123 e. The van der Waals surface area contributed by atoms with Crippen molar-refractivity contribution in [1.82, 2.24) is 0 Å². The van der Waals surface area contributed by atoms with Gasteiger partial charge < -0.3 is 10.5 Å². The maximum absolute atomic E-state index is 7.41. The molecule has 0 aliphatic carbocycles. The standard InChI is InChI=1S/C14H12Br2N2O/c15-12-4-2-1-3-9(12)8-19-10-5-6-11(14(17)18)13(16)7-10/h1-7H,8H2,(H3,17,18). The van der Waals surface area contributed by atoms with E-state index >= 15 is 0 Å². The van der Waals surface area contributed by atoms with E-state index in [9.17, 15) is 0 Å². The molecule has 3 nitrogen and oxygen atoms in total. The Morgan fingerprint density at radius 2 is 1.84 bits per heavy atom. The molecule has 0 radical (unpaired) electrons. The molecule has 2 aromatic carbocycles. The Morgan fingerprint density at radius 3 is 2.47 bits per heavy atom. The first-order chi connectivity index (χ1) is 9.08. The van der Waals surface area contributed by atoms with Crippen LogP contribution in [0.5, 0.6) is 5.75 Å². The molecular weight excluding hydrogens is 372 g/mol. The Kier molecular flexibility index (Phi) is 4.61. The van der Waals surface area contributed by atoms with E-state index < -0.39 is 0 Å². The summed E-state index contributed by atoms with van der Waals surface area (Å²) in [4.78, 5) is 0. The van der Waals surface area contributed by atoms with Crippen LogP contribution in [0.2, 0.25) is 0 Å². The zero-order valence-electron chi connectivity index (χ0n) is 9.99. The largest absolute Gasteiger partial charge is 0.489 e. The molecule has 0 heterocycles. The van der Waals surface area contributed by atoms with Gasteiger partial charge in [-0.25, -0.2) is 0 Å². The van der Waals surface area contributed by atoms with Crippen LogP contribution in [0.1, 0.15) is 11.1 Å². The predicted octanol–water partition coefficient (Wildman–Crippen LogP) is 4.07. The Bertz CT molecular complexity index is 614. The number of nitrogens with one attached hydrogen (secondary N) is 1. The predicted molar refractivity (Wildman–Crippen MR) is 83.6 cm³/mol. The molecule has 0 saturated carbocycles. The van der Waals surface area contributed by atoms with E-state index in [4.69, 9.17) is 15.9 Å². The van der Waals surface area contributed by atoms with Gasteiger partial charge in [-0.05, 0) is 40.2 Å². The molecule has 0 aliphatic heterocycles. The first-order valence-electron chi connectivity index (χ1n) is 5.58.